The van der Waals surface area contributed by atoms with Crippen molar-refractivity contribution in [3.8, 4) is 28.2 Å². The van der Waals surface area contributed by atoms with E-state index in [-0.39, 0.29) is 0 Å². The second-order valence-corrected chi connectivity index (χ2v) is 13.3. The maximum atomic E-state index is 2.48. The lowest BCUT2D eigenvalue weighted by Gasteiger charge is -2.14. The maximum absolute atomic E-state index is 2.48. The van der Waals surface area contributed by atoms with Crippen LogP contribution in [0.4, 0.5) is 0 Å². The van der Waals surface area contributed by atoms with Crippen LogP contribution in [0, 0.1) is 0 Å². The molecule has 11 aromatic rings. The van der Waals surface area contributed by atoms with Crippen LogP contribution in [0.25, 0.3) is 93.6 Å². The highest BCUT2D eigenvalue weighted by molar-refractivity contribution is 6.29. The molecule has 51 heavy (non-hydrogen) atoms. The zero-order valence-electron chi connectivity index (χ0n) is 27.7. The lowest BCUT2D eigenvalue weighted by molar-refractivity contribution is 1.17. The Kier molecular flexibility index (Phi) is 5.96. The lowest BCUT2D eigenvalue weighted by Crippen LogP contribution is -1.97. The second kappa shape index (κ2) is 10.8. The molecule has 0 bridgehead atoms. The van der Waals surface area contributed by atoms with Gasteiger partial charge in [0.1, 0.15) is 0 Å². The minimum absolute atomic E-state index is 1.15. The van der Waals surface area contributed by atoms with Crippen LogP contribution in [-0.2, 0) is 0 Å². The van der Waals surface area contributed by atoms with Gasteiger partial charge in [-0.3, -0.25) is 0 Å². The Balaban J connectivity index is 1.34. The summed E-state index contributed by atoms with van der Waals surface area (Å²) in [5.41, 5.74) is 13.1. The van der Waals surface area contributed by atoms with E-state index in [0.29, 0.717) is 0 Å². The molecule has 0 saturated carbocycles. The molecule has 8 aromatic carbocycles. The SMILES string of the molecule is c1ccc(-n2c3ccccc3c3cc(-c4cc5c6ccccc6n(-c6ccccc6)c5c5c6ccccc6n(-c6ccccc6)c45)ccc32)cc1. The molecule has 0 aliphatic carbocycles. The summed E-state index contributed by atoms with van der Waals surface area (Å²) in [5.74, 6) is 0. The topological polar surface area (TPSA) is 14.8 Å². The molecule has 0 fully saturated rings. The van der Waals surface area contributed by atoms with Crippen molar-refractivity contribution >= 4 is 65.4 Å². The van der Waals surface area contributed by atoms with Crippen LogP contribution >= 0.6 is 0 Å². The fourth-order valence-electron chi connectivity index (χ4n) is 8.51. The number of nitrogens with zero attached hydrogens (tertiary/aromatic N) is 3. The van der Waals surface area contributed by atoms with Gasteiger partial charge in [0.25, 0.3) is 0 Å². The molecule has 3 heterocycles. The zero-order chi connectivity index (χ0) is 33.5. The van der Waals surface area contributed by atoms with Gasteiger partial charge in [-0.2, -0.15) is 0 Å². The molecule has 0 spiro atoms. The quantitative estimate of drug-likeness (QED) is 0.180. The predicted octanol–water partition coefficient (Wildman–Crippen LogP) is 12.6. The summed E-state index contributed by atoms with van der Waals surface area (Å²) in [7, 11) is 0. The van der Waals surface area contributed by atoms with Crippen molar-refractivity contribution in [3.05, 3.63) is 188 Å². The van der Waals surface area contributed by atoms with Gasteiger partial charge < -0.3 is 13.7 Å². The summed E-state index contributed by atoms with van der Waals surface area (Å²) >= 11 is 0. The molecule has 11 rings (SSSR count). The Morgan fingerprint density at radius 3 is 1.31 bits per heavy atom. The minimum atomic E-state index is 1.15. The molecular formula is C48H31N3. The molecule has 0 unspecified atom stereocenters. The summed E-state index contributed by atoms with van der Waals surface area (Å²) in [6.45, 7) is 0. The highest BCUT2D eigenvalue weighted by Gasteiger charge is 2.24. The van der Waals surface area contributed by atoms with E-state index in [1.807, 2.05) is 0 Å². The van der Waals surface area contributed by atoms with Crippen LogP contribution in [0.1, 0.15) is 0 Å². The predicted molar refractivity (Wildman–Crippen MR) is 215 cm³/mol. The summed E-state index contributed by atoms with van der Waals surface area (Å²) in [4.78, 5) is 0. The third kappa shape index (κ3) is 4.00. The van der Waals surface area contributed by atoms with Crippen LogP contribution in [-0.4, -0.2) is 13.7 Å². The smallest absolute Gasteiger partial charge is 0.0641 e. The molecule has 0 saturated heterocycles. The van der Waals surface area contributed by atoms with E-state index in [9.17, 15) is 0 Å². The Morgan fingerprint density at radius 2 is 0.706 bits per heavy atom. The van der Waals surface area contributed by atoms with Crippen LogP contribution in [0.15, 0.2) is 188 Å². The van der Waals surface area contributed by atoms with Crippen molar-refractivity contribution in [2.75, 3.05) is 0 Å². The van der Waals surface area contributed by atoms with E-state index < -0.39 is 0 Å². The normalized spacial score (nSPS) is 11.9. The average molecular weight is 650 g/mol. The monoisotopic (exact) mass is 649 g/mol. The molecule has 3 nitrogen and oxygen atoms in total. The first-order valence-corrected chi connectivity index (χ1v) is 17.5. The average Bonchev–Trinajstić information content (AvgIpc) is 3.84. The van der Waals surface area contributed by atoms with Crippen LogP contribution < -0.4 is 0 Å². The maximum Gasteiger partial charge on any atom is 0.0641 e. The van der Waals surface area contributed by atoms with Gasteiger partial charge in [-0.15, -0.1) is 0 Å². The standard InChI is InChI=1S/C48H31N3/c1-4-16-33(17-5-1)49-42-25-13-10-22-36(42)40-30-32(28-29-45(40)49)39-31-41-37-23-11-14-26-43(37)50(34-18-6-2-7-19-34)48(41)46-38-24-12-15-27-44(38)51(47(39)46)35-20-8-3-9-21-35/h1-31H. The summed E-state index contributed by atoms with van der Waals surface area (Å²) in [6.07, 6.45) is 0. The number of hydrogen-bond acceptors (Lipinski definition) is 0. The van der Waals surface area contributed by atoms with Crippen molar-refractivity contribution < 1.29 is 0 Å². The van der Waals surface area contributed by atoms with Gasteiger partial charge in [-0.25, -0.2) is 0 Å². The molecule has 0 amide bonds. The third-order valence-electron chi connectivity index (χ3n) is 10.6. The first-order chi connectivity index (χ1) is 25.3. The molecule has 3 heteroatoms. The second-order valence-electron chi connectivity index (χ2n) is 13.3. The number of rotatable bonds is 4. The van der Waals surface area contributed by atoms with Crippen molar-refractivity contribution in [2.45, 2.75) is 0 Å². The fourth-order valence-corrected chi connectivity index (χ4v) is 8.51. The van der Waals surface area contributed by atoms with Gasteiger partial charge in [-0.05, 0) is 78.4 Å². The van der Waals surface area contributed by atoms with E-state index in [1.54, 1.807) is 0 Å². The summed E-state index contributed by atoms with van der Waals surface area (Å²) in [5, 5.41) is 7.49. The fraction of sp³-hybridized carbons (Fsp3) is 0. The molecule has 0 aliphatic rings. The molecular weight excluding hydrogens is 619 g/mol. The molecule has 0 N–H and O–H groups in total. The van der Waals surface area contributed by atoms with Gasteiger partial charge in [-0.1, -0.05) is 115 Å². The summed E-state index contributed by atoms with van der Waals surface area (Å²) in [6, 6.07) is 68.4. The Morgan fingerprint density at radius 1 is 0.275 bits per heavy atom. The number of para-hydroxylation sites is 6. The third-order valence-corrected chi connectivity index (χ3v) is 10.6. The van der Waals surface area contributed by atoms with Gasteiger partial charge >= 0.3 is 0 Å². The van der Waals surface area contributed by atoms with Crippen molar-refractivity contribution in [3.63, 3.8) is 0 Å². The molecule has 0 aliphatic heterocycles. The summed E-state index contributed by atoms with van der Waals surface area (Å²) < 4.78 is 7.33. The van der Waals surface area contributed by atoms with E-state index in [1.165, 1.54) is 76.5 Å². The van der Waals surface area contributed by atoms with E-state index in [0.717, 1.165) is 17.1 Å². The molecule has 3 aromatic heterocycles. The lowest BCUT2D eigenvalue weighted by atomic mass is 9.96. The van der Waals surface area contributed by atoms with Crippen molar-refractivity contribution in [1.82, 2.24) is 13.7 Å². The Bertz CT molecular complexity index is 3110. The van der Waals surface area contributed by atoms with Crippen molar-refractivity contribution in [2.24, 2.45) is 0 Å². The van der Waals surface area contributed by atoms with Crippen LogP contribution in [0.5, 0.6) is 0 Å². The molecule has 238 valence electrons. The largest absolute Gasteiger partial charge is 0.309 e. The Hall–Kier alpha value is -6.84. The highest BCUT2D eigenvalue weighted by atomic mass is 15.0. The van der Waals surface area contributed by atoms with Gasteiger partial charge in [0.2, 0.25) is 0 Å². The first-order valence-electron chi connectivity index (χ1n) is 17.5. The van der Waals surface area contributed by atoms with E-state index in [4.69, 9.17) is 0 Å². The van der Waals surface area contributed by atoms with Gasteiger partial charge in [0.05, 0.1) is 33.1 Å². The zero-order valence-corrected chi connectivity index (χ0v) is 27.7. The van der Waals surface area contributed by atoms with E-state index in [2.05, 4.69) is 202 Å². The number of fused-ring (bicyclic) bond motifs is 10. The molecule has 0 atom stereocenters. The minimum Gasteiger partial charge on any atom is -0.309 e. The highest BCUT2D eigenvalue weighted by Crippen LogP contribution is 2.47. The van der Waals surface area contributed by atoms with Gasteiger partial charge in [0, 0.05) is 54.9 Å². The van der Waals surface area contributed by atoms with E-state index >= 15 is 0 Å². The van der Waals surface area contributed by atoms with Crippen molar-refractivity contribution in [1.29, 1.82) is 0 Å². The van der Waals surface area contributed by atoms with Crippen LogP contribution in [0.3, 0.4) is 0 Å². The molecule has 0 radical (unpaired) electrons. The first kappa shape index (κ1) is 28.0. The van der Waals surface area contributed by atoms with Gasteiger partial charge in [0.15, 0.2) is 0 Å². The number of aromatic nitrogens is 3. The number of benzene rings is 8. The Labute approximate surface area is 294 Å². The number of hydrogen-bond donors (Lipinski definition) is 0. The van der Waals surface area contributed by atoms with Crippen LogP contribution in [0.2, 0.25) is 0 Å².